The molecule has 3 unspecified atom stereocenters. The van der Waals surface area contributed by atoms with Gasteiger partial charge in [-0.2, -0.15) is 5.26 Å². The predicted molar refractivity (Wildman–Crippen MR) is 104 cm³/mol. The van der Waals surface area contributed by atoms with Crippen molar-refractivity contribution in [1.82, 2.24) is 14.9 Å². The second-order valence-electron chi connectivity index (χ2n) is 8.15. The molecule has 0 N–H and O–H groups in total. The summed E-state index contributed by atoms with van der Waals surface area (Å²) in [6, 6.07) is 6.18. The molecule has 3 atom stereocenters. The molecule has 2 aromatic rings. The number of piperidine rings is 1. The van der Waals surface area contributed by atoms with Gasteiger partial charge in [-0.05, 0) is 62.7 Å². The van der Waals surface area contributed by atoms with Gasteiger partial charge < -0.3 is 9.80 Å². The van der Waals surface area contributed by atoms with Gasteiger partial charge in [-0.15, -0.1) is 0 Å². The highest BCUT2D eigenvalue weighted by atomic mass is 15.2. The summed E-state index contributed by atoms with van der Waals surface area (Å²) < 4.78 is 0. The summed E-state index contributed by atoms with van der Waals surface area (Å²) in [4.78, 5) is 13.9. The minimum atomic E-state index is 0.603. The first-order chi connectivity index (χ1) is 12.7. The molecule has 4 rings (SSSR count). The minimum absolute atomic E-state index is 0.603. The molecule has 3 heterocycles. The third kappa shape index (κ3) is 3.26. The van der Waals surface area contributed by atoms with Crippen LogP contribution in [0.3, 0.4) is 0 Å². The highest BCUT2D eigenvalue weighted by molar-refractivity contribution is 5.92. The maximum atomic E-state index is 9.34. The van der Waals surface area contributed by atoms with Gasteiger partial charge in [0, 0.05) is 32.0 Å². The maximum absolute atomic E-state index is 9.34. The molecule has 0 saturated carbocycles. The van der Waals surface area contributed by atoms with Crippen molar-refractivity contribution in [3.05, 3.63) is 30.1 Å². The third-order valence-corrected chi connectivity index (χ3v) is 6.19. The van der Waals surface area contributed by atoms with Crippen LogP contribution in [0.25, 0.3) is 11.0 Å². The lowest BCUT2D eigenvalue weighted by atomic mass is 9.84. The number of fused-ring (bicyclic) bond motifs is 1. The molecular weight excluding hydrogens is 322 g/mol. The smallest absolute Gasteiger partial charge is 0.113 e. The number of benzene rings is 1. The van der Waals surface area contributed by atoms with Gasteiger partial charge in [0.2, 0.25) is 0 Å². The molecule has 5 heteroatoms. The molecule has 2 aliphatic rings. The van der Waals surface area contributed by atoms with E-state index >= 15 is 0 Å². The monoisotopic (exact) mass is 349 g/mol. The Hall–Kier alpha value is -2.19. The lowest BCUT2D eigenvalue weighted by molar-refractivity contribution is 0.179. The molecule has 136 valence electrons. The second-order valence-corrected chi connectivity index (χ2v) is 8.15. The average molecular weight is 349 g/mol. The number of nitriles is 1. The van der Waals surface area contributed by atoms with Gasteiger partial charge in [0.15, 0.2) is 0 Å². The van der Waals surface area contributed by atoms with Crippen molar-refractivity contribution in [2.24, 2.45) is 17.8 Å². The van der Waals surface area contributed by atoms with Gasteiger partial charge in [0.05, 0.1) is 11.3 Å². The molecular formula is C21H27N5. The van der Waals surface area contributed by atoms with Gasteiger partial charge >= 0.3 is 0 Å². The molecule has 0 aliphatic carbocycles. The van der Waals surface area contributed by atoms with E-state index in [9.17, 15) is 5.26 Å². The summed E-state index contributed by atoms with van der Waals surface area (Å²) in [6.07, 6.45) is 7.42. The number of likely N-dealkylation sites (tertiary alicyclic amines) is 1. The van der Waals surface area contributed by atoms with Crippen molar-refractivity contribution in [3.8, 4) is 6.07 Å². The topological polar surface area (TPSA) is 56.1 Å². The van der Waals surface area contributed by atoms with E-state index in [1.54, 1.807) is 12.4 Å². The Balaban J connectivity index is 1.55. The summed E-state index contributed by atoms with van der Waals surface area (Å²) in [5.41, 5.74) is 3.31. The molecule has 0 radical (unpaired) electrons. The van der Waals surface area contributed by atoms with E-state index < -0.39 is 0 Å². The first-order valence-corrected chi connectivity index (χ1v) is 9.73. The van der Waals surface area contributed by atoms with Crippen LogP contribution in [0, 0.1) is 29.1 Å². The zero-order valence-electron chi connectivity index (χ0n) is 15.7. The number of hydrogen-bond donors (Lipinski definition) is 0. The average Bonchev–Trinajstić information content (AvgIpc) is 3.01. The highest BCUT2D eigenvalue weighted by Crippen LogP contribution is 2.36. The fraction of sp³-hybridized carbons (Fsp3) is 0.571. The fourth-order valence-corrected chi connectivity index (χ4v) is 4.82. The maximum Gasteiger partial charge on any atom is 0.113 e. The van der Waals surface area contributed by atoms with Crippen LogP contribution in [-0.2, 0) is 0 Å². The first kappa shape index (κ1) is 17.2. The first-order valence-electron chi connectivity index (χ1n) is 9.73. The van der Waals surface area contributed by atoms with Gasteiger partial charge in [-0.3, -0.25) is 9.97 Å². The quantitative estimate of drug-likeness (QED) is 0.851. The normalized spacial score (nSPS) is 27.0. The van der Waals surface area contributed by atoms with Gasteiger partial charge in [-0.1, -0.05) is 6.92 Å². The Labute approximate surface area is 155 Å². The van der Waals surface area contributed by atoms with Crippen molar-refractivity contribution in [1.29, 1.82) is 5.26 Å². The highest BCUT2D eigenvalue weighted by Gasteiger charge is 2.33. The molecule has 0 spiro atoms. The molecule has 2 aliphatic heterocycles. The number of nitrogens with zero attached hydrogens (tertiary/aromatic N) is 5. The summed E-state index contributed by atoms with van der Waals surface area (Å²) in [6.45, 7) is 7.02. The van der Waals surface area contributed by atoms with Crippen molar-refractivity contribution >= 4 is 16.7 Å². The molecule has 5 nitrogen and oxygen atoms in total. The Bertz CT molecular complexity index is 827. The number of hydrogen-bond acceptors (Lipinski definition) is 5. The van der Waals surface area contributed by atoms with E-state index in [4.69, 9.17) is 0 Å². The van der Waals surface area contributed by atoms with E-state index in [1.807, 2.05) is 6.07 Å². The molecule has 2 fully saturated rings. The van der Waals surface area contributed by atoms with Crippen LogP contribution in [0.1, 0.15) is 31.7 Å². The molecule has 1 aromatic carbocycles. The summed E-state index contributed by atoms with van der Waals surface area (Å²) in [7, 11) is 2.25. The van der Waals surface area contributed by atoms with Crippen LogP contribution in [-0.4, -0.2) is 48.1 Å². The summed E-state index contributed by atoms with van der Waals surface area (Å²) >= 11 is 0. The Morgan fingerprint density at radius 2 is 1.96 bits per heavy atom. The SMILES string of the molecule is CC1CN(c2ccc(C#N)c3nccnc23)CC1CC1CCCN(C)C1. The standard InChI is InChI=1S/C21H27N5/c1-15-12-26(14-18(15)10-16-4-3-9-25(2)13-16)19-6-5-17(11-22)20-21(19)24-8-7-23-20/h5-8,15-16,18H,3-4,9-10,12-14H2,1-2H3. The van der Waals surface area contributed by atoms with Crippen LogP contribution in [0.2, 0.25) is 0 Å². The lowest BCUT2D eigenvalue weighted by Crippen LogP contribution is -2.33. The van der Waals surface area contributed by atoms with Crippen molar-refractivity contribution in [3.63, 3.8) is 0 Å². The largest absolute Gasteiger partial charge is 0.369 e. The zero-order chi connectivity index (χ0) is 18.1. The molecule has 0 bridgehead atoms. The van der Waals surface area contributed by atoms with Gasteiger partial charge in [0.25, 0.3) is 0 Å². The minimum Gasteiger partial charge on any atom is -0.369 e. The number of aromatic nitrogens is 2. The van der Waals surface area contributed by atoms with Gasteiger partial charge in [0.1, 0.15) is 17.1 Å². The molecule has 0 amide bonds. The predicted octanol–water partition coefficient (Wildman–Crippen LogP) is 3.31. The van der Waals surface area contributed by atoms with E-state index in [2.05, 4.69) is 45.9 Å². The number of anilines is 1. The van der Waals surface area contributed by atoms with Crippen LogP contribution < -0.4 is 4.90 Å². The van der Waals surface area contributed by atoms with E-state index in [-0.39, 0.29) is 0 Å². The van der Waals surface area contributed by atoms with E-state index in [1.165, 1.54) is 32.4 Å². The number of rotatable bonds is 3. The van der Waals surface area contributed by atoms with E-state index in [0.29, 0.717) is 11.5 Å². The van der Waals surface area contributed by atoms with Crippen LogP contribution in [0.15, 0.2) is 24.5 Å². The zero-order valence-corrected chi connectivity index (χ0v) is 15.7. The van der Waals surface area contributed by atoms with Crippen molar-refractivity contribution < 1.29 is 0 Å². The lowest BCUT2D eigenvalue weighted by Gasteiger charge is -2.32. The van der Waals surface area contributed by atoms with Gasteiger partial charge in [-0.25, -0.2) is 0 Å². The molecule has 2 saturated heterocycles. The Kier molecular flexibility index (Phi) is 4.78. The van der Waals surface area contributed by atoms with Crippen LogP contribution in [0.4, 0.5) is 5.69 Å². The third-order valence-electron chi connectivity index (χ3n) is 6.19. The second kappa shape index (κ2) is 7.20. The van der Waals surface area contributed by atoms with Crippen LogP contribution >= 0.6 is 0 Å². The van der Waals surface area contributed by atoms with E-state index in [0.717, 1.165) is 41.6 Å². The molecule has 1 aromatic heterocycles. The van der Waals surface area contributed by atoms with Crippen LogP contribution in [0.5, 0.6) is 0 Å². The summed E-state index contributed by atoms with van der Waals surface area (Å²) in [5, 5.41) is 9.34. The van der Waals surface area contributed by atoms with Crippen molar-refractivity contribution in [2.45, 2.75) is 26.2 Å². The Morgan fingerprint density at radius 1 is 1.15 bits per heavy atom. The summed E-state index contributed by atoms with van der Waals surface area (Å²) in [5.74, 6) is 2.25. The Morgan fingerprint density at radius 3 is 2.73 bits per heavy atom. The van der Waals surface area contributed by atoms with Crippen molar-refractivity contribution in [2.75, 3.05) is 38.1 Å². The fourth-order valence-electron chi connectivity index (χ4n) is 4.82. The molecule has 26 heavy (non-hydrogen) atoms.